The number of piperidine rings is 1. The van der Waals surface area contributed by atoms with Crippen LogP contribution < -0.4 is 0 Å². The van der Waals surface area contributed by atoms with Crippen LogP contribution in [0.3, 0.4) is 0 Å². The molecule has 5 nitrogen and oxygen atoms in total. The van der Waals surface area contributed by atoms with E-state index < -0.39 is 11.4 Å². The summed E-state index contributed by atoms with van der Waals surface area (Å²) in [7, 11) is 0. The maximum Gasteiger partial charge on any atom is 0.311 e. The number of hydrogen-bond acceptors (Lipinski definition) is 3. The number of carboxylic acid groups (broad SMARTS) is 1. The lowest BCUT2D eigenvalue weighted by Gasteiger charge is -2.40. The summed E-state index contributed by atoms with van der Waals surface area (Å²) in [5.41, 5.74) is 0.374. The zero-order chi connectivity index (χ0) is 16.3. The van der Waals surface area contributed by atoms with Crippen LogP contribution in [-0.4, -0.2) is 40.0 Å². The number of amides is 1. The standard InChI is InChI=1S/C18H24N2O3/c21-16(5-4-14-6-9-19-10-7-14)20-11-1-8-18(13-20,17(22)23)12-15-2-3-15/h6-7,9-10,15H,1-5,8,11-13H2,(H,22,23)/t18-/m0/s1. The molecule has 1 saturated carbocycles. The van der Waals surface area contributed by atoms with Crippen LogP contribution in [0.4, 0.5) is 0 Å². The smallest absolute Gasteiger partial charge is 0.311 e. The van der Waals surface area contributed by atoms with Crippen LogP contribution in [0.15, 0.2) is 24.5 Å². The minimum Gasteiger partial charge on any atom is -0.481 e. The Morgan fingerprint density at radius 2 is 2.04 bits per heavy atom. The van der Waals surface area contributed by atoms with Gasteiger partial charge >= 0.3 is 5.97 Å². The van der Waals surface area contributed by atoms with E-state index in [2.05, 4.69) is 4.98 Å². The van der Waals surface area contributed by atoms with Crippen molar-refractivity contribution in [3.05, 3.63) is 30.1 Å². The predicted molar refractivity (Wildman–Crippen MR) is 85.8 cm³/mol. The van der Waals surface area contributed by atoms with Gasteiger partial charge in [0, 0.05) is 31.9 Å². The number of rotatable bonds is 6. The Labute approximate surface area is 136 Å². The maximum atomic E-state index is 12.5. The van der Waals surface area contributed by atoms with Gasteiger partial charge in [-0.05, 0) is 49.3 Å². The molecule has 0 aromatic carbocycles. The fraction of sp³-hybridized carbons (Fsp3) is 0.611. The molecular formula is C18H24N2O3. The molecule has 2 fully saturated rings. The van der Waals surface area contributed by atoms with E-state index in [0.717, 1.165) is 31.2 Å². The third-order valence-corrected chi connectivity index (χ3v) is 5.14. The average Bonchev–Trinajstić information content (AvgIpc) is 3.37. The highest BCUT2D eigenvalue weighted by molar-refractivity contribution is 5.80. The van der Waals surface area contributed by atoms with E-state index in [0.29, 0.717) is 38.3 Å². The number of likely N-dealkylation sites (tertiary alicyclic amines) is 1. The molecule has 1 aromatic heterocycles. The first-order chi connectivity index (χ1) is 11.1. The van der Waals surface area contributed by atoms with Crippen LogP contribution >= 0.6 is 0 Å². The van der Waals surface area contributed by atoms with Crippen molar-refractivity contribution >= 4 is 11.9 Å². The van der Waals surface area contributed by atoms with Gasteiger partial charge in [0.15, 0.2) is 0 Å². The fourth-order valence-corrected chi connectivity index (χ4v) is 3.61. The number of aliphatic carboxylic acids is 1. The lowest BCUT2D eigenvalue weighted by molar-refractivity contribution is -0.156. The van der Waals surface area contributed by atoms with E-state index in [1.165, 1.54) is 0 Å². The Bertz CT molecular complexity index is 571. The molecule has 0 radical (unpaired) electrons. The van der Waals surface area contributed by atoms with E-state index in [1.807, 2.05) is 12.1 Å². The van der Waals surface area contributed by atoms with Gasteiger partial charge in [0.05, 0.1) is 5.41 Å². The monoisotopic (exact) mass is 316 g/mol. The molecule has 5 heteroatoms. The van der Waals surface area contributed by atoms with Crippen LogP contribution in [-0.2, 0) is 16.0 Å². The van der Waals surface area contributed by atoms with Crippen molar-refractivity contribution in [1.82, 2.24) is 9.88 Å². The lowest BCUT2D eigenvalue weighted by Crippen LogP contribution is -2.50. The van der Waals surface area contributed by atoms with Gasteiger partial charge in [0.2, 0.25) is 5.91 Å². The minimum atomic E-state index is -0.726. The highest BCUT2D eigenvalue weighted by Gasteiger charge is 2.46. The molecule has 2 aliphatic rings. The average molecular weight is 316 g/mol. The molecular weight excluding hydrogens is 292 g/mol. The van der Waals surface area contributed by atoms with Crippen molar-refractivity contribution in [3.8, 4) is 0 Å². The highest BCUT2D eigenvalue weighted by Crippen LogP contribution is 2.45. The molecule has 3 rings (SSSR count). The Balaban J connectivity index is 1.60. The maximum absolute atomic E-state index is 12.5. The number of pyridine rings is 1. The SMILES string of the molecule is O=C(CCc1ccncc1)N1CCC[C@@](CC2CC2)(C(=O)O)C1. The van der Waals surface area contributed by atoms with Crippen molar-refractivity contribution in [2.45, 2.75) is 44.9 Å². The minimum absolute atomic E-state index is 0.0722. The van der Waals surface area contributed by atoms with Crippen molar-refractivity contribution in [1.29, 1.82) is 0 Å². The quantitative estimate of drug-likeness (QED) is 0.875. The van der Waals surface area contributed by atoms with Gasteiger partial charge in [-0.3, -0.25) is 14.6 Å². The number of nitrogens with zero attached hydrogens (tertiary/aromatic N) is 2. The molecule has 1 amide bonds. The Kier molecular flexibility index (Phi) is 4.64. The van der Waals surface area contributed by atoms with Gasteiger partial charge in [0.25, 0.3) is 0 Å². The molecule has 0 spiro atoms. The van der Waals surface area contributed by atoms with E-state index in [1.54, 1.807) is 17.3 Å². The second-order valence-electron chi connectivity index (χ2n) is 7.01. The Morgan fingerprint density at radius 1 is 1.30 bits per heavy atom. The molecule has 1 aromatic rings. The third-order valence-electron chi connectivity index (χ3n) is 5.14. The van der Waals surface area contributed by atoms with E-state index in [9.17, 15) is 14.7 Å². The summed E-state index contributed by atoms with van der Waals surface area (Å²) < 4.78 is 0. The largest absolute Gasteiger partial charge is 0.481 e. The summed E-state index contributed by atoms with van der Waals surface area (Å²) in [5.74, 6) is -0.100. The first-order valence-electron chi connectivity index (χ1n) is 8.49. The number of carbonyl (C=O) groups is 2. The highest BCUT2D eigenvalue weighted by atomic mass is 16.4. The van der Waals surface area contributed by atoms with Gasteiger partial charge in [-0.25, -0.2) is 0 Å². The fourth-order valence-electron chi connectivity index (χ4n) is 3.61. The summed E-state index contributed by atoms with van der Waals surface area (Å²) in [4.78, 5) is 30.1. The number of carboxylic acids is 1. The first-order valence-corrected chi connectivity index (χ1v) is 8.49. The van der Waals surface area contributed by atoms with Gasteiger partial charge < -0.3 is 10.0 Å². The Hall–Kier alpha value is -1.91. The van der Waals surface area contributed by atoms with Crippen LogP contribution in [0.1, 0.15) is 44.1 Å². The molecule has 0 unspecified atom stereocenters. The molecule has 1 aliphatic heterocycles. The summed E-state index contributed by atoms with van der Waals surface area (Å²) >= 11 is 0. The summed E-state index contributed by atoms with van der Waals surface area (Å²) in [6.45, 7) is 1.07. The zero-order valence-corrected chi connectivity index (χ0v) is 13.4. The van der Waals surface area contributed by atoms with Crippen LogP contribution in [0.25, 0.3) is 0 Å². The number of aromatic nitrogens is 1. The molecule has 1 N–H and O–H groups in total. The number of aryl methyl sites for hydroxylation is 1. The van der Waals surface area contributed by atoms with Crippen molar-refractivity contribution in [3.63, 3.8) is 0 Å². The third kappa shape index (κ3) is 3.89. The summed E-state index contributed by atoms with van der Waals surface area (Å²) in [6, 6.07) is 3.83. The Morgan fingerprint density at radius 3 is 2.70 bits per heavy atom. The lowest BCUT2D eigenvalue weighted by atomic mass is 9.75. The predicted octanol–water partition coefficient (Wildman–Crippen LogP) is 2.51. The molecule has 124 valence electrons. The van der Waals surface area contributed by atoms with Crippen LogP contribution in [0, 0.1) is 11.3 Å². The van der Waals surface area contributed by atoms with Gasteiger partial charge in [-0.2, -0.15) is 0 Å². The normalized spacial score (nSPS) is 24.4. The van der Waals surface area contributed by atoms with Crippen molar-refractivity contribution < 1.29 is 14.7 Å². The topological polar surface area (TPSA) is 70.5 Å². The van der Waals surface area contributed by atoms with Crippen LogP contribution in [0.2, 0.25) is 0 Å². The van der Waals surface area contributed by atoms with Gasteiger partial charge in [-0.15, -0.1) is 0 Å². The second kappa shape index (κ2) is 6.69. The van der Waals surface area contributed by atoms with Crippen molar-refractivity contribution in [2.24, 2.45) is 11.3 Å². The molecule has 1 aliphatic carbocycles. The summed E-state index contributed by atoms with van der Waals surface area (Å²) in [6.07, 6.45) is 9.08. The number of hydrogen-bond donors (Lipinski definition) is 1. The molecule has 1 saturated heterocycles. The second-order valence-corrected chi connectivity index (χ2v) is 7.01. The molecule has 0 bridgehead atoms. The van der Waals surface area contributed by atoms with Crippen LogP contribution in [0.5, 0.6) is 0 Å². The van der Waals surface area contributed by atoms with E-state index >= 15 is 0 Å². The van der Waals surface area contributed by atoms with Crippen molar-refractivity contribution in [2.75, 3.05) is 13.1 Å². The zero-order valence-electron chi connectivity index (χ0n) is 13.4. The molecule has 1 atom stereocenters. The molecule has 23 heavy (non-hydrogen) atoms. The molecule has 2 heterocycles. The van der Waals surface area contributed by atoms with E-state index in [4.69, 9.17) is 0 Å². The van der Waals surface area contributed by atoms with Gasteiger partial charge in [-0.1, -0.05) is 12.8 Å². The summed E-state index contributed by atoms with van der Waals surface area (Å²) in [5, 5.41) is 9.73. The first kappa shape index (κ1) is 16.0. The van der Waals surface area contributed by atoms with E-state index in [-0.39, 0.29) is 5.91 Å². The van der Waals surface area contributed by atoms with Gasteiger partial charge in [0.1, 0.15) is 0 Å². The number of carbonyl (C=O) groups excluding carboxylic acids is 1.